The maximum Gasteiger partial charge on any atom is 0.0453 e. The molecule has 10 heavy (non-hydrogen) atoms. The number of benzene rings is 1. The monoisotopic (exact) mass is 281 g/mol. The first kappa shape index (κ1) is 8.57. The fraction of sp³-hybridized carbons (Fsp3) is 0.143. The van der Waals surface area contributed by atoms with E-state index < -0.39 is 0 Å². The molecule has 0 atom stereocenters. The molecule has 0 fully saturated rings. The lowest BCUT2D eigenvalue weighted by Gasteiger charge is -1.98. The van der Waals surface area contributed by atoms with Crippen LogP contribution in [0, 0.1) is 6.07 Å². The molecule has 1 aromatic rings. The Bertz CT molecular complexity index is 235. The zero-order valence-electron chi connectivity index (χ0n) is 5.00. The van der Waals surface area contributed by atoms with Gasteiger partial charge in [0.25, 0.3) is 0 Å². The Hall–Kier alpha value is 0.470. The zero-order valence-corrected chi connectivity index (χ0v) is 8.92. The summed E-state index contributed by atoms with van der Waals surface area (Å²) in [5.41, 5.74) is 1.08. The standard InChI is InChI=1S/C7H4Br2Cl/c8-4-5-3-6(9)1-2-7(5)10/h2-3H,4H2. The molecule has 0 saturated carbocycles. The molecule has 0 saturated heterocycles. The summed E-state index contributed by atoms with van der Waals surface area (Å²) in [6.45, 7) is 0. The van der Waals surface area contributed by atoms with Crippen molar-refractivity contribution in [2.45, 2.75) is 5.33 Å². The second-order valence-electron chi connectivity index (χ2n) is 1.79. The maximum atomic E-state index is 5.81. The van der Waals surface area contributed by atoms with E-state index in [0.29, 0.717) is 0 Å². The molecule has 1 aromatic carbocycles. The van der Waals surface area contributed by atoms with Crippen molar-refractivity contribution < 1.29 is 0 Å². The van der Waals surface area contributed by atoms with Crippen molar-refractivity contribution in [3.05, 3.63) is 33.3 Å². The van der Waals surface area contributed by atoms with Crippen LogP contribution in [0.1, 0.15) is 5.56 Å². The smallest absolute Gasteiger partial charge is 0.0453 e. The number of halogens is 3. The zero-order chi connectivity index (χ0) is 7.56. The molecule has 0 nitrogen and oxygen atoms in total. The normalized spacial score (nSPS) is 9.90. The molecule has 0 N–H and O–H groups in total. The molecule has 0 heterocycles. The maximum absolute atomic E-state index is 5.81. The molecule has 0 aliphatic heterocycles. The Balaban J connectivity index is 3.09. The van der Waals surface area contributed by atoms with Crippen LogP contribution in [-0.2, 0) is 5.33 Å². The van der Waals surface area contributed by atoms with Gasteiger partial charge in [-0.1, -0.05) is 43.5 Å². The largest absolute Gasteiger partial charge is 0.0876 e. The van der Waals surface area contributed by atoms with E-state index in [1.165, 1.54) is 0 Å². The van der Waals surface area contributed by atoms with Crippen LogP contribution in [0.4, 0.5) is 0 Å². The summed E-state index contributed by atoms with van der Waals surface area (Å²) >= 11 is 12.4. The van der Waals surface area contributed by atoms with Crippen molar-refractivity contribution in [3.63, 3.8) is 0 Å². The Labute approximate surface area is 81.8 Å². The molecule has 0 aliphatic rings. The Morgan fingerprint density at radius 3 is 2.80 bits per heavy atom. The van der Waals surface area contributed by atoms with Gasteiger partial charge in [-0.2, -0.15) is 0 Å². The summed E-state index contributed by atoms with van der Waals surface area (Å²) in [6.07, 6.45) is 0. The summed E-state index contributed by atoms with van der Waals surface area (Å²) < 4.78 is 0.936. The molecule has 0 aromatic heterocycles. The quantitative estimate of drug-likeness (QED) is 0.688. The highest BCUT2D eigenvalue weighted by Crippen LogP contribution is 2.22. The fourth-order valence-corrected chi connectivity index (χ4v) is 1.78. The molecule has 0 aliphatic carbocycles. The number of alkyl halides is 1. The van der Waals surface area contributed by atoms with Gasteiger partial charge in [0.1, 0.15) is 0 Å². The lowest BCUT2D eigenvalue weighted by molar-refractivity contribution is 1.41. The number of hydrogen-bond donors (Lipinski definition) is 0. The summed E-state index contributed by atoms with van der Waals surface area (Å²) in [5, 5.41) is 1.53. The highest BCUT2D eigenvalue weighted by Gasteiger charge is 1.97. The van der Waals surface area contributed by atoms with Gasteiger partial charge < -0.3 is 0 Å². The van der Waals surface area contributed by atoms with E-state index >= 15 is 0 Å². The van der Waals surface area contributed by atoms with E-state index in [4.69, 9.17) is 11.6 Å². The minimum atomic E-state index is 0.750. The van der Waals surface area contributed by atoms with E-state index in [1.807, 2.05) is 6.07 Å². The predicted octanol–water partition coefficient (Wildman–Crippen LogP) is 3.80. The van der Waals surface area contributed by atoms with Crippen LogP contribution in [0.5, 0.6) is 0 Å². The summed E-state index contributed by atoms with van der Waals surface area (Å²) in [7, 11) is 0. The van der Waals surface area contributed by atoms with Gasteiger partial charge in [0.05, 0.1) is 0 Å². The van der Waals surface area contributed by atoms with Gasteiger partial charge in [0, 0.05) is 14.8 Å². The molecule has 53 valence electrons. The van der Waals surface area contributed by atoms with Gasteiger partial charge in [0.15, 0.2) is 0 Å². The molecule has 1 rings (SSSR count). The summed E-state index contributed by atoms with van der Waals surface area (Å²) in [4.78, 5) is 0. The predicted molar refractivity (Wildman–Crippen MR) is 50.6 cm³/mol. The summed E-state index contributed by atoms with van der Waals surface area (Å²) in [5.74, 6) is 0. The van der Waals surface area contributed by atoms with E-state index in [0.717, 1.165) is 20.4 Å². The van der Waals surface area contributed by atoms with Crippen molar-refractivity contribution in [1.82, 2.24) is 0 Å². The van der Waals surface area contributed by atoms with Gasteiger partial charge in [0.2, 0.25) is 0 Å². The Morgan fingerprint density at radius 1 is 1.60 bits per heavy atom. The van der Waals surface area contributed by atoms with Crippen molar-refractivity contribution >= 4 is 43.5 Å². The van der Waals surface area contributed by atoms with Crippen LogP contribution in [-0.4, -0.2) is 0 Å². The van der Waals surface area contributed by atoms with Gasteiger partial charge in [-0.3, -0.25) is 0 Å². The average Bonchev–Trinajstić information content (AvgIpc) is 1.94. The van der Waals surface area contributed by atoms with Gasteiger partial charge in [-0.25, -0.2) is 0 Å². The van der Waals surface area contributed by atoms with Crippen molar-refractivity contribution in [1.29, 1.82) is 0 Å². The van der Waals surface area contributed by atoms with Gasteiger partial charge in [-0.15, -0.1) is 0 Å². The van der Waals surface area contributed by atoms with Gasteiger partial charge in [-0.05, 0) is 23.8 Å². The van der Waals surface area contributed by atoms with Crippen LogP contribution >= 0.6 is 43.5 Å². The number of rotatable bonds is 1. The highest BCUT2D eigenvalue weighted by molar-refractivity contribution is 9.10. The topological polar surface area (TPSA) is 0 Å². The fourth-order valence-electron chi connectivity index (χ4n) is 0.591. The first-order valence-corrected chi connectivity index (χ1v) is 4.95. The van der Waals surface area contributed by atoms with E-state index in [9.17, 15) is 0 Å². The SMILES string of the molecule is Clc1c[c]c(Br)cc1CBr. The minimum Gasteiger partial charge on any atom is -0.0876 e. The minimum absolute atomic E-state index is 0.750. The average molecular weight is 283 g/mol. The van der Waals surface area contributed by atoms with Crippen molar-refractivity contribution in [2.75, 3.05) is 0 Å². The van der Waals surface area contributed by atoms with Crippen LogP contribution in [0.15, 0.2) is 16.6 Å². The third kappa shape index (κ3) is 1.97. The molecular weight excluding hydrogens is 279 g/mol. The van der Waals surface area contributed by atoms with Gasteiger partial charge >= 0.3 is 0 Å². The van der Waals surface area contributed by atoms with Crippen LogP contribution < -0.4 is 0 Å². The first-order chi connectivity index (χ1) is 4.74. The lowest BCUT2D eigenvalue weighted by Crippen LogP contribution is -1.78. The third-order valence-electron chi connectivity index (χ3n) is 1.09. The second kappa shape index (κ2) is 3.74. The van der Waals surface area contributed by atoms with E-state index in [-0.39, 0.29) is 0 Å². The van der Waals surface area contributed by atoms with Crippen LogP contribution in [0.3, 0.4) is 0 Å². The van der Waals surface area contributed by atoms with Crippen molar-refractivity contribution in [3.8, 4) is 0 Å². The van der Waals surface area contributed by atoms with Crippen LogP contribution in [0.25, 0.3) is 0 Å². The molecule has 3 heteroatoms. The molecule has 0 amide bonds. The number of hydrogen-bond acceptors (Lipinski definition) is 0. The Kier molecular flexibility index (Phi) is 3.21. The highest BCUT2D eigenvalue weighted by atomic mass is 79.9. The summed E-state index contributed by atoms with van der Waals surface area (Å²) in [6, 6.07) is 6.63. The van der Waals surface area contributed by atoms with E-state index in [1.54, 1.807) is 6.07 Å². The Morgan fingerprint density at radius 2 is 2.30 bits per heavy atom. The molecule has 1 radical (unpaired) electrons. The molecule has 0 spiro atoms. The van der Waals surface area contributed by atoms with E-state index in [2.05, 4.69) is 37.9 Å². The first-order valence-electron chi connectivity index (χ1n) is 2.65. The lowest BCUT2D eigenvalue weighted by atomic mass is 10.2. The van der Waals surface area contributed by atoms with Crippen LogP contribution in [0.2, 0.25) is 5.02 Å². The molecule has 0 bridgehead atoms. The second-order valence-corrected chi connectivity index (χ2v) is 3.61. The molecule has 0 unspecified atom stereocenters. The third-order valence-corrected chi connectivity index (χ3v) is 2.50. The van der Waals surface area contributed by atoms with Crippen molar-refractivity contribution in [2.24, 2.45) is 0 Å². The molecular formula is C7H4Br2Cl.